The molecule has 4 nitrogen and oxygen atoms in total. The van der Waals surface area contributed by atoms with Crippen LogP contribution in [0.3, 0.4) is 0 Å². The Morgan fingerprint density at radius 2 is 1.89 bits per heavy atom. The second-order valence-corrected chi connectivity index (χ2v) is 5.72. The number of amides is 1. The monoisotopic (exact) mass is 290 g/mol. The molecule has 0 spiro atoms. The van der Waals surface area contributed by atoms with Gasteiger partial charge in [-0.1, -0.05) is 12.8 Å². The molecule has 3 atom stereocenters. The fraction of sp³-hybridized carbons (Fsp3) is 0.929. The van der Waals surface area contributed by atoms with Crippen molar-refractivity contribution >= 4 is 18.3 Å². The largest absolute Gasteiger partial charge is 0.381 e. The van der Waals surface area contributed by atoms with Crippen molar-refractivity contribution in [1.82, 2.24) is 5.32 Å². The molecule has 2 fully saturated rings. The highest BCUT2D eigenvalue weighted by Crippen LogP contribution is 2.25. The molecule has 1 amide bonds. The number of halogens is 1. The van der Waals surface area contributed by atoms with Gasteiger partial charge in [0.15, 0.2) is 0 Å². The number of rotatable bonds is 3. The van der Waals surface area contributed by atoms with Gasteiger partial charge in [-0.05, 0) is 38.0 Å². The summed E-state index contributed by atoms with van der Waals surface area (Å²) in [6.45, 7) is 1.60. The minimum absolute atomic E-state index is 0. The first kappa shape index (κ1) is 16.7. The van der Waals surface area contributed by atoms with E-state index >= 15 is 0 Å². The summed E-state index contributed by atoms with van der Waals surface area (Å²) in [4.78, 5) is 12.0. The first-order valence-electron chi connectivity index (χ1n) is 7.38. The lowest BCUT2D eigenvalue weighted by Crippen LogP contribution is -2.40. The lowest BCUT2D eigenvalue weighted by atomic mass is 9.83. The van der Waals surface area contributed by atoms with E-state index in [1.807, 2.05) is 0 Å². The Bertz CT molecular complexity index is 268. The van der Waals surface area contributed by atoms with E-state index in [9.17, 15) is 4.79 Å². The predicted molar refractivity (Wildman–Crippen MR) is 78.4 cm³/mol. The molecule has 0 aromatic carbocycles. The summed E-state index contributed by atoms with van der Waals surface area (Å²) in [5, 5.41) is 3.15. The van der Waals surface area contributed by atoms with E-state index in [0.29, 0.717) is 18.4 Å². The highest BCUT2D eigenvalue weighted by Gasteiger charge is 2.25. The van der Waals surface area contributed by atoms with Crippen molar-refractivity contribution in [2.45, 2.75) is 63.5 Å². The van der Waals surface area contributed by atoms with Crippen molar-refractivity contribution in [2.24, 2.45) is 11.7 Å². The number of nitrogens with two attached hydrogens (primary N) is 1. The standard InChI is InChI=1S/C14H26N2O2.ClH/c15-13-6-2-1-4-11(13)10-14(17)16-12-5-3-8-18-9-7-12;/h11-13H,1-10,15H2,(H,16,17);1H. The molecule has 1 saturated heterocycles. The van der Waals surface area contributed by atoms with Crippen LogP contribution in [0.25, 0.3) is 0 Å². The molecule has 112 valence electrons. The summed E-state index contributed by atoms with van der Waals surface area (Å²) in [7, 11) is 0. The third-order valence-corrected chi connectivity index (χ3v) is 4.23. The fourth-order valence-corrected chi connectivity index (χ4v) is 3.06. The molecule has 3 N–H and O–H groups in total. The topological polar surface area (TPSA) is 64.4 Å². The number of hydrogen-bond donors (Lipinski definition) is 2. The Balaban J connectivity index is 0.00000180. The van der Waals surface area contributed by atoms with Crippen LogP contribution in [0, 0.1) is 5.92 Å². The SMILES string of the molecule is Cl.NC1CCCCC1CC(=O)NC1CCCOCC1. The molecular formula is C14H27ClN2O2. The molecule has 0 aromatic heterocycles. The summed E-state index contributed by atoms with van der Waals surface area (Å²) in [6.07, 6.45) is 8.29. The Hall–Kier alpha value is -0.320. The van der Waals surface area contributed by atoms with Crippen molar-refractivity contribution in [2.75, 3.05) is 13.2 Å². The van der Waals surface area contributed by atoms with Gasteiger partial charge in [0, 0.05) is 31.7 Å². The lowest BCUT2D eigenvalue weighted by molar-refractivity contribution is -0.123. The second kappa shape index (κ2) is 8.77. The van der Waals surface area contributed by atoms with Gasteiger partial charge in [-0.2, -0.15) is 0 Å². The van der Waals surface area contributed by atoms with E-state index in [-0.39, 0.29) is 24.4 Å². The molecule has 1 heterocycles. The van der Waals surface area contributed by atoms with Gasteiger partial charge in [0.25, 0.3) is 0 Å². The van der Waals surface area contributed by atoms with Gasteiger partial charge in [-0.25, -0.2) is 0 Å². The Labute approximate surface area is 122 Å². The van der Waals surface area contributed by atoms with Gasteiger partial charge in [-0.15, -0.1) is 12.4 Å². The maximum atomic E-state index is 12.0. The van der Waals surface area contributed by atoms with Crippen molar-refractivity contribution in [3.05, 3.63) is 0 Å². The van der Waals surface area contributed by atoms with Crippen LogP contribution < -0.4 is 11.1 Å². The molecule has 1 aliphatic carbocycles. The van der Waals surface area contributed by atoms with Gasteiger partial charge >= 0.3 is 0 Å². The van der Waals surface area contributed by atoms with Crippen molar-refractivity contribution in [3.8, 4) is 0 Å². The minimum Gasteiger partial charge on any atom is -0.381 e. The molecule has 19 heavy (non-hydrogen) atoms. The smallest absolute Gasteiger partial charge is 0.220 e. The molecule has 0 bridgehead atoms. The van der Waals surface area contributed by atoms with Crippen LogP contribution in [0.15, 0.2) is 0 Å². The first-order chi connectivity index (χ1) is 8.75. The Morgan fingerprint density at radius 1 is 1.11 bits per heavy atom. The van der Waals surface area contributed by atoms with Crippen LogP contribution in [0.4, 0.5) is 0 Å². The first-order valence-corrected chi connectivity index (χ1v) is 7.38. The molecule has 0 radical (unpaired) electrons. The normalized spacial score (nSPS) is 31.9. The number of nitrogens with one attached hydrogen (secondary N) is 1. The summed E-state index contributed by atoms with van der Waals surface area (Å²) < 4.78 is 5.40. The van der Waals surface area contributed by atoms with E-state index in [2.05, 4.69) is 5.32 Å². The van der Waals surface area contributed by atoms with E-state index in [0.717, 1.165) is 45.3 Å². The van der Waals surface area contributed by atoms with Crippen LogP contribution in [0.5, 0.6) is 0 Å². The number of carbonyl (C=O) groups excluding carboxylic acids is 1. The number of hydrogen-bond acceptors (Lipinski definition) is 3. The summed E-state index contributed by atoms with van der Waals surface area (Å²) in [5.41, 5.74) is 6.09. The van der Waals surface area contributed by atoms with Gasteiger partial charge in [-0.3, -0.25) is 4.79 Å². The number of carbonyl (C=O) groups is 1. The summed E-state index contributed by atoms with van der Waals surface area (Å²) in [5.74, 6) is 0.574. The van der Waals surface area contributed by atoms with Gasteiger partial charge in [0.1, 0.15) is 0 Å². The highest BCUT2D eigenvalue weighted by atomic mass is 35.5. The van der Waals surface area contributed by atoms with E-state index in [4.69, 9.17) is 10.5 Å². The maximum Gasteiger partial charge on any atom is 0.220 e. The van der Waals surface area contributed by atoms with Crippen LogP contribution in [-0.2, 0) is 9.53 Å². The van der Waals surface area contributed by atoms with E-state index in [1.54, 1.807) is 0 Å². The molecular weight excluding hydrogens is 264 g/mol. The highest BCUT2D eigenvalue weighted by molar-refractivity contribution is 5.85. The van der Waals surface area contributed by atoms with Gasteiger partial charge in [0.2, 0.25) is 5.91 Å². The lowest BCUT2D eigenvalue weighted by Gasteiger charge is -2.28. The molecule has 5 heteroatoms. The predicted octanol–water partition coefficient (Wildman–Crippen LogP) is 2.00. The second-order valence-electron chi connectivity index (χ2n) is 5.72. The fourth-order valence-electron chi connectivity index (χ4n) is 3.06. The Morgan fingerprint density at radius 3 is 2.68 bits per heavy atom. The average molecular weight is 291 g/mol. The minimum atomic E-state index is 0. The van der Waals surface area contributed by atoms with Crippen molar-refractivity contribution in [3.63, 3.8) is 0 Å². The number of ether oxygens (including phenoxy) is 1. The zero-order valence-corrected chi connectivity index (χ0v) is 12.4. The molecule has 2 aliphatic rings. The average Bonchev–Trinajstić information content (AvgIpc) is 2.61. The van der Waals surface area contributed by atoms with Crippen molar-refractivity contribution < 1.29 is 9.53 Å². The molecule has 2 rings (SSSR count). The van der Waals surface area contributed by atoms with Gasteiger partial charge < -0.3 is 15.8 Å². The third kappa shape index (κ3) is 5.67. The third-order valence-electron chi connectivity index (χ3n) is 4.23. The van der Waals surface area contributed by atoms with Gasteiger partial charge in [0.05, 0.1) is 0 Å². The summed E-state index contributed by atoms with van der Waals surface area (Å²) in [6, 6.07) is 0.529. The quantitative estimate of drug-likeness (QED) is 0.835. The Kier molecular flexibility index (Phi) is 7.73. The maximum absolute atomic E-state index is 12.0. The zero-order chi connectivity index (χ0) is 12.8. The van der Waals surface area contributed by atoms with Crippen LogP contribution in [0.2, 0.25) is 0 Å². The zero-order valence-electron chi connectivity index (χ0n) is 11.6. The molecule has 0 aromatic rings. The molecule has 1 aliphatic heterocycles. The van der Waals surface area contributed by atoms with Crippen LogP contribution in [0.1, 0.15) is 51.4 Å². The van der Waals surface area contributed by atoms with Crippen LogP contribution in [-0.4, -0.2) is 31.2 Å². The van der Waals surface area contributed by atoms with Crippen LogP contribution >= 0.6 is 12.4 Å². The summed E-state index contributed by atoms with van der Waals surface area (Å²) >= 11 is 0. The van der Waals surface area contributed by atoms with E-state index in [1.165, 1.54) is 12.8 Å². The van der Waals surface area contributed by atoms with E-state index < -0.39 is 0 Å². The molecule has 3 unspecified atom stereocenters. The molecule has 1 saturated carbocycles. The van der Waals surface area contributed by atoms with Crippen molar-refractivity contribution in [1.29, 1.82) is 0 Å².